The number of nitrogens with one attached hydrogen (secondary N) is 2. The van der Waals surface area contributed by atoms with Gasteiger partial charge in [-0.3, -0.25) is 0 Å². The third-order valence-electron chi connectivity index (χ3n) is 2.48. The molecule has 0 unspecified atom stereocenters. The summed E-state index contributed by atoms with van der Waals surface area (Å²) in [4.78, 5) is 27.8. The van der Waals surface area contributed by atoms with Gasteiger partial charge in [0.2, 0.25) is 0 Å². The van der Waals surface area contributed by atoms with Gasteiger partial charge < -0.3 is 15.7 Å². The van der Waals surface area contributed by atoms with Crippen molar-refractivity contribution in [2.75, 3.05) is 0 Å². The molecular formula is C12H19N3O3S. The molecule has 0 aromatic carbocycles. The minimum Gasteiger partial charge on any atom is -0.480 e. The molecule has 7 heteroatoms. The average Bonchev–Trinajstić information content (AvgIpc) is 2.67. The van der Waals surface area contributed by atoms with Crippen LogP contribution in [-0.4, -0.2) is 28.1 Å². The van der Waals surface area contributed by atoms with Crippen LogP contribution in [0, 0.1) is 12.3 Å². The lowest BCUT2D eigenvalue weighted by atomic mass is 9.87. The van der Waals surface area contributed by atoms with Gasteiger partial charge in [-0.15, -0.1) is 11.3 Å². The molecule has 0 saturated heterocycles. The summed E-state index contributed by atoms with van der Waals surface area (Å²) < 4.78 is 0. The highest BCUT2D eigenvalue weighted by molar-refractivity contribution is 7.11. The second kappa shape index (κ2) is 6.01. The van der Waals surface area contributed by atoms with E-state index in [0.29, 0.717) is 6.54 Å². The van der Waals surface area contributed by atoms with Crippen LogP contribution in [0.4, 0.5) is 4.79 Å². The number of carbonyl (C=O) groups is 2. The molecular weight excluding hydrogens is 266 g/mol. The minimum atomic E-state index is -1.05. The molecule has 1 heterocycles. The third-order valence-corrected chi connectivity index (χ3v) is 3.39. The van der Waals surface area contributed by atoms with Crippen LogP contribution in [-0.2, 0) is 11.3 Å². The molecule has 6 nitrogen and oxygen atoms in total. The number of carbonyl (C=O) groups excluding carboxylic acids is 1. The maximum Gasteiger partial charge on any atom is 0.326 e. The number of urea groups is 1. The zero-order valence-corrected chi connectivity index (χ0v) is 12.3. The lowest BCUT2D eigenvalue weighted by Crippen LogP contribution is -2.52. The van der Waals surface area contributed by atoms with Crippen molar-refractivity contribution in [3.05, 3.63) is 16.1 Å². The zero-order valence-electron chi connectivity index (χ0n) is 11.5. The summed E-state index contributed by atoms with van der Waals surface area (Å²) in [5.74, 6) is -1.05. The Balaban J connectivity index is 2.52. The summed E-state index contributed by atoms with van der Waals surface area (Å²) in [6, 6.07) is -1.43. The number of rotatable bonds is 4. The van der Waals surface area contributed by atoms with Crippen molar-refractivity contribution >= 4 is 23.3 Å². The van der Waals surface area contributed by atoms with Crippen LogP contribution in [0.5, 0.6) is 0 Å². The molecule has 1 atom stereocenters. The molecule has 0 radical (unpaired) electrons. The van der Waals surface area contributed by atoms with Gasteiger partial charge in [-0.05, 0) is 12.3 Å². The van der Waals surface area contributed by atoms with E-state index in [-0.39, 0.29) is 0 Å². The van der Waals surface area contributed by atoms with E-state index >= 15 is 0 Å². The first kappa shape index (κ1) is 15.4. The Labute approximate surface area is 116 Å². The van der Waals surface area contributed by atoms with Crippen LogP contribution < -0.4 is 10.6 Å². The molecule has 19 heavy (non-hydrogen) atoms. The van der Waals surface area contributed by atoms with Crippen LogP contribution in [0.1, 0.15) is 30.7 Å². The average molecular weight is 285 g/mol. The molecule has 2 amide bonds. The molecule has 0 aliphatic rings. The summed E-state index contributed by atoms with van der Waals surface area (Å²) in [5, 5.41) is 15.1. The summed E-state index contributed by atoms with van der Waals surface area (Å²) in [5.41, 5.74) is -0.551. The van der Waals surface area contributed by atoms with E-state index in [2.05, 4.69) is 15.6 Å². The largest absolute Gasteiger partial charge is 0.480 e. The van der Waals surface area contributed by atoms with Gasteiger partial charge in [0, 0.05) is 11.1 Å². The molecule has 106 valence electrons. The van der Waals surface area contributed by atoms with E-state index in [0.717, 1.165) is 9.88 Å². The summed E-state index contributed by atoms with van der Waals surface area (Å²) in [6.07, 6.45) is 1.69. The summed E-state index contributed by atoms with van der Waals surface area (Å²) in [6.45, 7) is 7.51. The van der Waals surface area contributed by atoms with Crippen LogP contribution in [0.15, 0.2) is 6.20 Å². The van der Waals surface area contributed by atoms with Crippen LogP contribution in [0.25, 0.3) is 0 Å². The summed E-state index contributed by atoms with van der Waals surface area (Å²) >= 11 is 1.49. The van der Waals surface area contributed by atoms with Gasteiger partial charge in [0.15, 0.2) is 0 Å². The van der Waals surface area contributed by atoms with Crippen molar-refractivity contribution in [3.63, 3.8) is 0 Å². The lowest BCUT2D eigenvalue weighted by Gasteiger charge is -2.27. The number of aliphatic carboxylic acids is 1. The standard InChI is InChI=1S/C12H19N3O3S/c1-7-13-5-8(19-7)6-14-11(18)15-9(10(16)17)12(2,3)4/h5,9H,6H2,1-4H3,(H,16,17)(H2,14,15,18)/t9-/m1/s1. The Hall–Kier alpha value is -1.63. The number of aryl methyl sites for hydroxylation is 1. The fraction of sp³-hybridized carbons (Fsp3) is 0.583. The van der Waals surface area contributed by atoms with E-state index in [1.54, 1.807) is 27.0 Å². The maximum atomic E-state index is 11.7. The number of hydrogen-bond donors (Lipinski definition) is 3. The van der Waals surface area contributed by atoms with Crippen molar-refractivity contribution in [2.24, 2.45) is 5.41 Å². The SMILES string of the molecule is Cc1ncc(CNC(=O)N[C@H](C(=O)O)C(C)(C)C)s1. The van der Waals surface area contributed by atoms with E-state index < -0.39 is 23.5 Å². The summed E-state index contributed by atoms with van der Waals surface area (Å²) in [7, 11) is 0. The van der Waals surface area contributed by atoms with Gasteiger partial charge in [-0.1, -0.05) is 20.8 Å². The Kier molecular flexibility index (Phi) is 4.88. The number of carboxylic acid groups (broad SMARTS) is 1. The number of amides is 2. The molecule has 0 bridgehead atoms. The van der Waals surface area contributed by atoms with Gasteiger partial charge in [0.1, 0.15) is 6.04 Å². The highest BCUT2D eigenvalue weighted by atomic mass is 32.1. The Morgan fingerprint density at radius 2 is 2.11 bits per heavy atom. The van der Waals surface area contributed by atoms with E-state index in [4.69, 9.17) is 5.11 Å². The number of aromatic nitrogens is 1. The molecule has 1 rings (SSSR count). The fourth-order valence-corrected chi connectivity index (χ4v) is 2.22. The monoisotopic (exact) mass is 285 g/mol. The minimum absolute atomic E-state index is 0.341. The topological polar surface area (TPSA) is 91.3 Å². The fourth-order valence-electron chi connectivity index (χ4n) is 1.49. The van der Waals surface area contributed by atoms with Gasteiger partial charge in [0.25, 0.3) is 0 Å². The van der Waals surface area contributed by atoms with Crippen LogP contribution in [0.2, 0.25) is 0 Å². The van der Waals surface area contributed by atoms with Gasteiger partial charge in [-0.25, -0.2) is 14.6 Å². The molecule has 0 fully saturated rings. The number of thiazole rings is 1. The van der Waals surface area contributed by atoms with Crippen molar-refractivity contribution in [3.8, 4) is 0 Å². The van der Waals surface area contributed by atoms with E-state index in [9.17, 15) is 9.59 Å². The van der Waals surface area contributed by atoms with Crippen molar-refractivity contribution < 1.29 is 14.7 Å². The maximum absolute atomic E-state index is 11.7. The molecule has 1 aromatic heterocycles. The number of hydrogen-bond acceptors (Lipinski definition) is 4. The molecule has 0 aliphatic heterocycles. The van der Waals surface area contributed by atoms with Gasteiger partial charge >= 0.3 is 12.0 Å². The predicted molar refractivity (Wildman–Crippen MR) is 73.1 cm³/mol. The second-order valence-electron chi connectivity index (χ2n) is 5.31. The van der Waals surface area contributed by atoms with E-state index in [1.165, 1.54) is 11.3 Å². The Morgan fingerprint density at radius 1 is 1.47 bits per heavy atom. The third kappa shape index (κ3) is 4.86. The van der Waals surface area contributed by atoms with Crippen LogP contribution in [0.3, 0.4) is 0 Å². The number of carboxylic acids is 1. The highest BCUT2D eigenvalue weighted by Crippen LogP contribution is 2.19. The first-order valence-electron chi connectivity index (χ1n) is 5.88. The first-order chi connectivity index (χ1) is 8.70. The first-order valence-corrected chi connectivity index (χ1v) is 6.70. The molecule has 0 saturated carbocycles. The molecule has 1 aromatic rings. The van der Waals surface area contributed by atoms with Crippen molar-refractivity contribution in [1.29, 1.82) is 0 Å². The predicted octanol–water partition coefficient (Wildman–Crippen LogP) is 1.75. The molecule has 3 N–H and O–H groups in total. The van der Waals surface area contributed by atoms with Gasteiger partial charge in [-0.2, -0.15) is 0 Å². The van der Waals surface area contributed by atoms with E-state index in [1.807, 2.05) is 6.92 Å². The van der Waals surface area contributed by atoms with Crippen molar-refractivity contribution in [2.45, 2.75) is 40.3 Å². The number of nitrogens with zero attached hydrogens (tertiary/aromatic N) is 1. The highest BCUT2D eigenvalue weighted by Gasteiger charge is 2.32. The lowest BCUT2D eigenvalue weighted by molar-refractivity contribution is -0.141. The zero-order chi connectivity index (χ0) is 14.6. The van der Waals surface area contributed by atoms with Crippen LogP contribution >= 0.6 is 11.3 Å². The quantitative estimate of drug-likeness (QED) is 0.786. The Bertz CT molecular complexity index is 465. The van der Waals surface area contributed by atoms with Gasteiger partial charge in [0.05, 0.1) is 11.6 Å². The normalized spacial score (nSPS) is 12.8. The smallest absolute Gasteiger partial charge is 0.326 e. The second-order valence-corrected chi connectivity index (χ2v) is 6.63. The Morgan fingerprint density at radius 3 is 2.53 bits per heavy atom. The molecule has 0 spiro atoms. The van der Waals surface area contributed by atoms with Crippen molar-refractivity contribution in [1.82, 2.24) is 15.6 Å². The molecule has 0 aliphatic carbocycles.